The molecule has 13 heteroatoms. The fourth-order valence-corrected chi connectivity index (χ4v) is 4.96. The number of thiazole rings is 1. The molecule has 1 aliphatic rings. The minimum Gasteiger partial charge on any atom is -0.477 e. The molecule has 0 unspecified atom stereocenters. The lowest BCUT2D eigenvalue weighted by atomic mass is 10.0. The first kappa shape index (κ1) is 22.6. The molecule has 0 spiro atoms. The van der Waals surface area contributed by atoms with Crippen LogP contribution in [0.5, 0.6) is 0 Å². The number of rotatable bonds is 6. The number of carbonyl (C=O) groups is 2. The third-order valence-corrected chi connectivity index (χ3v) is 7.31. The van der Waals surface area contributed by atoms with Gasteiger partial charge in [-0.2, -0.15) is 0 Å². The van der Waals surface area contributed by atoms with Gasteiger partial charge in [0, 0.05) is 38.3 Å². The third kappa shape index (κ3) is 4.20. The van der Waals surface area contributed by atoms with Crippen LogP contribution in [0.3, 0.4) is 0 Å². The molecular formula is C19H20Cl2N6O4S. The van der Waals surface area contributed by atoms with Gasteiger partial charge in [-0.1, -0.05) is 34.5 Å². The minimum atomic E-state index is -1.07. The highest BCUT2D eigenvalue weighted by Crippen LogP contribution is 2.34. The van der Waals surface area contributed by atoms with Crippen LogP contribution in [0, 0.1) is 6.92 Å². The Labute approximate surface area is 196 Å². The summed E-state index contributed by atoms with van der Waals surface area (Å²) in [7, 11) is 1.56. The lowest BCUT2D eigenvalue weighted by Crippen LogP contribution is -2.55. The van der Waals surface area contributed by atoms with Crippen molar-refractivity contribution >= 4 is 51.5 Å². The number of nitrogens with zero attached hydrogens (tertiary/aromatic N) is 3. The van der Waals surface area contributed by atoms with Crippen LogP contribution < -0.4 is 10.2 Å². The van der Waals surface area contributed by atoms with Crippen molar-refractivity contribution in [3.63, 3.8) is 0 Å². The number of carboxylic acids is 1. The van der Waals surface area contributed by atoms with E-state index in [9.17, 15) is 14.7 Å². The van der Waals surface area contributed by atoms with Crippen LogP contribution in [0.1, 0.15) is 32.3 Å². The molecule has 1 amide bonds. The molecule has 2 atom stereocenters. The van der Waals surface area contributed by atoms with E-state index < -0.39 is 5.97 Å². The Hall–Kier alpha value is -2.60. The second-order valence-electron chi connectivity index (χ2n) is 7.26. The number of carbonyl (C=O) groups excluding carboxylic acids is 1. The Bertz CT molecular complexity index is 1150. The standard InChI is InChI=1S/C19H20Cl2N6O4S/c1-8-11(20)12(21)13(24-8)17(28)25-9-3-6-27(7-10(9)31-2)19-26-14(15(32-19)18(29)30)16-22-4-5-23-16/h4-5,9-10,24H,3,6-7H2,1-2H3,(H,22,23)(H,25,28)(H,29,30)/t9-,10+/m1/s1. The van der Waals surface area contributed by atoms with Crippen LogP contribution in [-0.4, -0.2) is 69.3 Å². The van der Waals surface area contributed by atoms with Gasteiger partial charge in [-0.05, 0) is 13.3 Å². The Balaban J connectivity index is 1.50. The molecule has 3 aromatic rings. The Morgan fingerprint density at radius 2 is 2.16 bits per heavy atom. The van der Waals surface area contributed by atoms with Crippen molar-refractivity contribution < 1.29 is 19.4 Å². The van der Waals surface area contributed by atoms with Gasteiger partial charge in [0.05, 0.1) is 22.2 Å². The van der Waals surface area contributed by atoms with Crippen LogP contribution in [0.2, 0.25) is 10.0 Å². The minimum absolute atomic E-state index is 0.105. The summed E-state index contributed by atoms with van der Waals surface area (Å²) in [4.78, 5) is 40.9. The van der Waals surface area contributed by atoms with Gasteiger partial charge in [-0.3, -0.25) is 4.79 Å². The van der Waals surface area contributed by atoms with Gasteiger partial charge in [0.2, 0.25) is 0 Å². The van der Waals surface area contributed by atoms with Gasteiger partial charge in [0.1, 0.15) is 16.3 Å². The molecule has 0 aromatic carbocycles. The number of halogens is 2. The summed E-state index contributed by atoms with van der Waals surface area (Å²) in [6.07, 6.45) is 3.37. The summed E-state index contributed by atoms with van der Waals surface area (Å²) in [6.45, 7) is 2.70. The highest BCUT2D eigenvalue weighted by Gasteiger charge is 2.34. The lowest BCUT2D eigenvalue weighted by molar-refractivity contribution is 0.0540. The number of piperidine rings is 1. The number of carboxylic acid groups (broad SMARTS) is 1. The van der Waals surface area contributed by atoms with Crippen molar-refractivity contribution in [2.24, 2.45) is 0 Å². The van der Waals surface area contributed by atoms with E-state index in [1.807, 2.05) is 4.90 Å². The van der Waals surface area contributed by atoms with Crippen molar-refractivity contribution in [1.82, 2.24) is 25.3 Å². The summed E-state index contributed by atoms with van der Waals surface area (Å²) >= 11 is 13.3. The van der Waals surface area contributed by atoms with E-state index >= 15 is 0 Å². The molecule has 1 aliphatic heterocycles. The zero-order chi connectivity index (χ0) is 23.0. The molecule has 1 fully saturated rings. The second kappa shape index (κ2) is 9.10. The summed E-state index contributed by atoms with van der Waals surface area (Å²) in [5, 5.41) is 13.6. The largest absolute Gasteiger partial charge is 0.477 e. The molecule has 4 rings (SSSR count). The molecule has 1 saturated heterocycles. The highest BCUT2D eigenvalue weighted by atomic mass is 35.5. The van der Waals surface area contributed by atoms with Gasteiger partial charge in [0.25, 0.3) is 5.91 Å². The molecule has 4 heterocycles. The maximum absolute atomic E-state index is 12.7. The first-order chi connectivity index (χ1) is 15.3. The van der Waals surface area contributed by atoms with Crippen LogP contribution in [0.15, 0.2) is 12.4 Å². The second-order valence-corrected chi connectivity index (χ2v) is 8.99. The fourth-order valence-electron chi connectivity index (χ4n) is 3.61. The van der Waals surface area contributed by atoms with E-state index in [0.29, 0.717) is 46.9 Å². The van der Waals surface area contributed by atoms with Gasteiger partial charge >= 0.3 is 5.97 Å². The monoisotopic (exact) mass is 498 g/mol. The van der Waals surface area contributed by atoms with Gasteiger partial charge in [0.15, 0.2) is 11.0 Å². The number of aromatic carboxylic acids is 1. The van der Waals surface area contributed by atoms with Crippen LogP contribution in [0.4, 0.5) is 5.13 Å². The zero-order valence-corrected chi connectivity index (χ0v) is 19.4. The molecule has 0 radical (unpaired) electrons. The normalized spacial score (nSPS) is 18.7. The van der Waals surface area contributed by atoms with E-state index in [4.69, 9.17) is 27.9 Å². The van der Waals surface area contributed by atoms with E-state index in [2.05, 4.69) is 25.3 Å². The predicted octanol–water partition coefficient (Wildman–Crippen LogP) is 3.20. The molecule has 4 N–H and O–H groups in total. The lowest BCUT2D eigenvalue weighted by Gasteiger charge is -2.37. The van der Waals surface area contributed by atoms with Crippen molar-refractivity contribution in [1.29, 1.82) is 0 Å². The molecule has 170 valence electrons. The average molecular weight is 499 g/mol. The van der Waals surface area contributed by atoms with Crippen molar-refractivity contribution in [2.75, 3.05) is 25.1 Å². The number of H-pyrrole nitrogens is 2. The molecule has 32 heavy (non-hydrogen) atoms. The van der Waals surface area contributed by atoms with E-state index in [1.165, 1.54) is 0 Å². The summed E-state index contributed by atoms with van der Waals surface area (Å²) in [5.41, 5.74) is 1.12. The molecule has 10 nitrogen and oxygen atoms in total. The number of imidazole rings is 1. The number of aromatic amines is 2. The Morgan fingerprint density at radius 3 is 2.75 bits per heavy atom. The van der Waals surface area contributed by atoms with E-state index in [-0.39, 0.29) is 33.6 Å². The zero-order valence-electron chi connectivity index (χ0n) is 17.1. The number of nitrogens with one attached hydrogen (secondary N) is 3. The number of aryl methyl sites for hydroxylation is 1. The topological polar surface area (TPSA) is 136 Å². The summed E-state index contributed by atoms with van der Waals surface area (Å²) < 4.78 is 5.62. The highest BCUT2D eigenvalue weighted by molar-refractivity contribution is 7.17. The number of amides is 1. The first-order valence-corrected chi connectivity index (χ1v) is 11.2. The number of hydrogen-bond acceptors (Lipinski definition) is 7. The smallest absolute Gasteiger partial charge is 0.348 e. The molecule has 3 aromatic heterocycles. The SMILES string of the molecule is CO[C@H]1CN(c2nc(-c3ncc[nH]3)c(C(=O)O)s2)CC[C@H]1NC(=O)c1[nH]c(C)c(Cl)c1Cl. The average Bonchev–Trinajstić information content (AvgIpc) is 3.50. The van der Waals surface area contributed by atoms with Crippen molar-refractivity contribution in [3.8, 4) is 11.5 Å². The van der Waals surface area contributed by atoms with E-state index in [0.717, 1.165) is 11.3 Å². The Kier molecular flexibility index (Phi) is 6.42. The van der Waals surface area contributed by atoms with Crippen LogP contribution >= 0.6 is 34.5 Å². The third-order valence-electron chi connectivity index (χ3n) is 5.26. The molecule has 0 saturated carbocycles. The first-order valence-electron chi connectivity index (χ1n) is 9.66. The summed E-state index contributed by atoms with van der Waals surface area (Å²) in [6, 6.07) is -0.273. The molecular weight excluding hydrogens is 479 g/mol. The number of anilines is 1. The van der Waals surface area contributed by atoms with Crippen molar-refractivity contribution in [3.05, 3.63) is 38.7 Å². The quantitative estimate of drug-likeness (QED) is 0.409. The fraction of sp³-hybridized carbons (Fsp3) is 0.368. The number of hydrogen-bond donors (Lipinski definition) is 4. The Morgan fingerprint density at radius 1 is 1.38 bits per heavy atom. The van der Waals surface area contributed by atoms with E-state index in [1.54, 1.807) is 26.4 Å². The molecule has 0 bridgehead atoms. The van der Waals surface area contributed by atoms with Crippen molar-refractivity contribution in [2.45, 2.75) is 25.5 Å². The summed E-state index contributed by atoms with van der Waals surface area (Å²) in [5.74, 6) is -1.04. The maximum atomic E-state index is 12.7. The van der Waals surface area contributed by atoms with Gasteiger partial charge in [-0.25, -0.2) is 14.8 Å². The molecule has 0 aliphatic carbocycles. The maximum Gasteiger partial charge on any atom is 0.348 e. The number of methoxy groups -OCH3 is 1. The number of aromatic nitrogens is 4. The van der Waals surface area contributed by atoms with Gasteiger partial charge in [-0.15, -0.1) is 0 Å². The van der Waals surface area contributed by atoms with Crippen LogP contribution in [0.25, 0.3) is 11.5 Å². The predicted molar refractivity (Wildman–Crippen MR) is 121 cm³/mol. The number of ether oxygens (including phenoxy) is 1. The van der Waals surface area contributed by atoms with Crippen LogP contribution in [-0.2, 0) is 4.74 Å². The van der Waals surface area contributed by atoms with Gasteiger partial charge < -0.3 is 30.0 Å².